The molecule has 0 spiro atoms. The average Bonchev–Trinajstić information content (AvgIpc) is 2.20. The molecule has 0 aliphatic heterocycles. The van der Waals surface area contributed by atoms with E-state index in [0.29, 0.717) is 11.6 Å². The second-order valence-electron chi connectivity index (χ2n) is 3.55. The fraction of sp³-hybridized carbons (Fsp3) is 0.250. The van der Waals surface area contributed by atoms with Gasteiger partial charge in [0.2, 0.25) is 5.91 Å². The number of likely N-dealkylation sites (N-methyl/N-ethyl adjacent to an activating group) is 1. The number of benzene rings is 1. The van der Waals surface area contributed by atoms with Crippen LogP contribution in [-0.4, -0.2) is 17.9 Å². The first-order valence-corrected chi connectivity index (χ1v) is 5.20. The smallest absolute Gasteiger partial charge is 0.247 e. The highest BCUT2D eigenvalue weighted by atomic mass is 35.5. The summed E-state index contributed by atoms with van der Waals surface area (Å²) < 4.78 is 12.6. The third-order valence-corrected chi connectivity index (χ3v) is 2.14. The van der Waals surface area contributed by atoms with Gasteiger partial charge in [0, 0.05) is 24.7 Å². The second-order valence-corrected chi connectivity index (χ2v) is 4.15. The lowest BCUT2D eigenvalue weighted by atomic mass is 10.2. The Bertz CT molecular complexity index is 396. The fourth-order valence-electron chi connectivity index (χ4n) is 1.22. The number of carbonyl (C=O) groups excluding carboxylic acids is 1. The monoisotopic (exact) mass is 241 g/mol. The lowest BCUT2D eigenvalue weighted by molar-refractivity contribution is -0.125. The molecular weight excluding hydrogens is 229 g/mol. The molecule has 0 saturated heterocycles. The van der Waals surface area contributed by atoms with Crippen LogP contribution in [-0.2, 0) is 11.3 Å². The molecule has 86 valence electrons. The van der Waals surface area contributed by atoms with Gasteiger partial charge in [-0.25, -0.2) is 4.39 Å². The van der Waals surface area contributed by atoms with Crippen LogP contribution < -0.4 is 0 Å². The zero-order valence-corrected chi connectivity index (χ0v) is 9.96. The molecule has 4 heteroatoms. The van der Waals surface area contributed by atoms with E-state index in [4.69, 9.17) is 11.6 Å². The molecule has 1 rings (SSSR count). The number of hydrogen-bond donors (Lipinski definition) is 0. The molecule has 0 saturated carbocycles. The van der Waals surface area contributed by atoms with Gasteiger partial charge in [0.15, 0.2) is 0 Å². The third kappa shape index (κ3) is 4.03. The van der Waals surface area contributed by atoms with Crippen molar-refractivity contribution in [2.75, 3.05) is 7.05 Å². The summed E-state index contributed by atoms with van der Waals surface area (Å²) in [7, 11) is 1.67. The fourth-order valence-corrected chi connectivity index (χ4v) is 1.32. The predicted molar refractivity (Wildman–Crippen MR) is 62.5 cm³/mol. The Morgan fingerprint density at radius 3 is 2.50 bits per heavy atom. The molecule has 16 heavy (non-hydrogen) atoms. The zero-order valence-electron chi connectivity index (χ0n) is 9.21. The number of hydrogen-bond acceptors (Lipinski definition) is 1. The summed E-state index contributed by atoms with van der Waals surface area (Å²) in [6.07, 6.45) is 1.35. The van der Waals surface area contributed by atoms with Crippen molar-refractivity contribution in [1.82, 2.24) is 4.90 Å². The van der Waals surface area contributed by atoms with Crippen molar-refractivity contribution in [1.29, 1.82) is 0 Å². The highest BCUT2D eigenvalue weighted by molar-refractivity contribution is 6.30. The number of rotatable bonds is 3. The van der Waals surface area contributed by atoms with Crippen LogP contribution in [0, 0.1) is 5.82 Å². The van der Waals surface area contributed by atoms with Gasteiger partial charge in [-0.2, -0.15) is 0 Å². The third-order valence-electron chi connectivity index (χ3n) is 2.03. The molecule has 0 fully saturated rings. The molecule has 2 nitrogen and oxygen atoms in total. The van der Waals surface area contributed by atoms with Crippen LogP contribution in [0.3, 0.4) is 0 Å². The number of carbonyl (C=O) groups is 1. The summed E-state index contributed by atoms with van der Waals surface area (Å²) in [4.78, 5) is 13.0. The van der Waals surface area contributed by atoms with Crippen LogP contribution in [0.2, 0.25) is 0 Å². The van der Waals surface area contributed by atoms with E-state index >= 15 is 0 Å². The molecule has 0 unspecified atom stereocenters. The van der Waals surface area contributed by atoms with Gasteiger partial charge in [0.25, 0.3) is 0 Å². The Kier molecular flexibility index (Phi) is 4.50. The first-order valence-electron chi connectivity index (χ1n) is 4.82. The van der Waals surface area contributed by atoms with Crippen LogP contribution in [0.4, 0.5) is 4.39 Å². The first-order chi connectivity index (χ1) is 7.49. The standard InChI is InChI=1S/C12H13ClFNO/c1-9(13)7-12(16)15(2)8-10-3-5-11(14)6-4-10/h3-7H,8H2,1-2H3/b9-7-. The Balaban J connectivity index is 2.64. The van der Waals surface area contributed by atoms with Crippen molar-refractivity contribution >= 4 is 17.5 Å². The number of halogens is 2. The van der Waals surface area contributed by atoms with Gasteiger partial charge in [0.1, 0.15) is 5.82 Å². The first kappa shape index (κ1) is 12.7. The number of amides is 1. The van der Waals surface area contributed by atoms with Crippen LogP contribution in [0.1, 0.15) is 12.5 Å². The molecule has 0 bridgehead atoms. The van der Waals surface area contributed by atoms with Gasteiger partial charge in [-0.3, -0.25) is 4.79 Å². The maximum absolute atomic E-state index is 12.6. The molecule has 1 amide bonds. The summed E-state index contributed by atoms with van der Waals surface area (Å²) in [6.45, 7) is 2.07. The van der Waals surface area contributed by atoms with Crippen LogP contribution >= 0.6 is 11.6 Å². The predicted octanol–water partition coefficient (Wildman–Crippen LogP) is 2.93. The second kappa shape index (κ2) is 5.66. The van der Waals surface area contributed by atoms with E-state index in [1.165, 1.54) is 23.1 Å². The van der Waals surface area contributed by atoms with Gasteiger partial charge in [-0.15, -0.1) is 0 Å². The van der Waals surface area contributed by atoms with E-state index in [1.54, 1.807) is 26.1 Å². The van der Waals surface area contributed by atoms with Crippen molar-refractivity contribution in [2.24, 2.45) is 0 Å². The largest absolute Gasteiger partial charge is 0.338 e. The van der Waals surface area contributed by atoms with Gasteiger partial charge in [0.05, 0.1) is 0 Å². The minimum atomic E-state index is -0.283. The van der Waals surface area contributed by atoms with Crippen molar-refractivity contribution < 1.29 is 9.18 Å². The molecule has 1 aromatic rings. The van der Waals surface area contributed by atoms with Gasteiger partial charge in [-0.05, 0) is 24.6 Å². The molecular formula is C12H13ClFNO. The lowest BCUT2D eigenvalue weighted by Crippen LogP contribution is -2.24. The van der Waals surface area contributed by atoms with Crippen LogP contribution in [0.15, 0.2) is 35.4 Å². The van der Waals surface area contributed by atoms with E-state index < -0.39 is 0 Å². The van der Waals surface area contributed by atoms with E-state index in [9.17, 15) is 9.18 Å². The Hall–Kier alpha value is -1.35. The molecule has 0 atom stereocenters. The summed E-state index contributed by atoms with van der Waals surface area (Å²) >= 11 is 5.60. The summed E-state index contributed by atoms with van der Waals surface area (Å²) in [5.41, 5.74) is 0.873. The number of nitrogens with zero attached hydrogens (tertiary/aromatic N) is 1. The van der Waals surface area contributed by atoms with E-state index in [0.717, 1.165) is 5.56 Å². The Morgan fingerprint density at radius 2 is 2.00 bits per heavy atom. The minimum Gasteiger partial charge on any atom is -0.338 e. The summed E-state index contributed by atoms with van der Waals surface area (Å²) in [5, 5.41) is 0.441. The van der Waals surface area contributed by atoms with E-state index in [1.807, 2.05) is 0 Å². The molecule has 0 aliphatic carbocycles. The zero-order chi connectivity index (χ0) is 12.1. The van der Waals surface area contributed by atoms with Gasteiger partial charge < -0.3 is 4.90 Å². The topological polar surface area (TPSA) is 20.3 Å². The quantitative estimate of drug-likeness (QED) is 0.745. The van der Waals surface area contributed by atoms with Crippen LogP contribution in [0.5, 0.6) is 0 Å². The van der Waals surface area contributed by atoms with Crippen molar-refractivity contribution in [3.8, 4) is 0 Å². The Labute approximate surface area is 99.3 Å². The lowest BCUT2D eigenvalue weighted by Gasteiger charge is -2.15. The van der Waals surface area contributed by atoms with Gasteiger partial charge in [-0.1, -0.05) is 23.7 Å². The SMILES string of the molecule is C/C(Cl)=C/C(=O)N(C)Cc1ccc(F)cc1. The summed E-state index contributed by atoms with van der Waals surface area (Å²) in [5.74, 6) is -0.453. The molecule has 1 aromatic carbocycles. The highest BCUT2D eigenvalue weighted by Gasteiger charge is 2.06. The molecule has 0 heterocycles. The summed E-state index contributed by atoms with van der Waals surface area (Å²) in [6, 6.07) is 6.04. The maximum Gasteiger partial charge on any atom is 0.247 e. The van der Waals surface area contributed by atoms with Gasteiger partial charge >= 0.3 is 0 Å². The maximum atomic E-state index is 12.6. The van der Waals surface area contributed by atoms with Crippen molar-refractivity contribution in [3.63, 3.8) is 0 Å². The highest BCUT2D eigenvalue weighted by Crippen LogP contribution is 2.07. The molecule has 0 radical (unpaired) electrons. The van der Waals surface area contributed by atoms with Crippen LogP contribution in [0.25, 0.3) is 0 Å². The van der Waals surface area contributed by atoms with Crippen molar-refractivity contribution in [2.45, 2.75) is 13.5 Å². The normalized spacial score (nSPS) is 11.4. The minimum absolute atomic E-state index is 0.170. The molecule has 0 N–H and O–H groups in total. The number of allylic oxidation sites excluding steroid dienone is 1. The molecule has 0 aliphatic rings. The van der Waals surface area contributed by atoms with E-state index in [2.05, 4.69) is 0 Å². The van der Waals surface area contributed by atoms with Crippen molar-refractivity contribution in [3.05, 3.63) is 46.8 Å². The Morgan fingerprint density at radius 1 is 1.44 bits per heavy atom. The average molecular weight is 242 g/mol. The van der Waals surface area contributed by atoms with E-state index in [-0.39, 0.29) is 11.7 Å². The molecule has 0 aromatic heterocycles.